The molecule has 0 aromatic rings. The highest BCUT2D eigenvalue weighted by Gasteiger charge is 2.42. The van der Waals surface area contributed by atoms with E-state index in [2.05, 4.69) is 0 Å². The maximum Gasteiger partial charge on any atom is 0.331 e. The Balaban J connectivity index is 2.83. The Morgan fingerprint density at radius 1 is 1.29 bits per heavy atom. The molecule has 1 aliphatic rings. The summed E-state index contributed by atoms with van der Waals surface area (Å²) in [6, 6.07) is 0. The van der Waals surface area contributed by atoms with Crippen molar-refractivity contribution < 1.29 is 14.3 Å². The summed E-state index contributed by atoms with van der Waals surface area (Å²) in [4.78, 5) is 11.8. The Hall–Kier alpha value is -0.830. The monoisotopic (exact) mass is 240 g/mol. The predicted octanol–water partition coefficient (Wildman–Crippen LogP) is 3.23. The molecule has 98 valence electrons. The summed E-state index contributed by atoms with van der Waals surface area (Å²) in [7, 11) is 0. The number of carbonyl (C=O) groups is 1. The van der Waals surface area contributed by atoms with E-state index in [9.17, 15) is 4.79 Å². The number of esters is 1. The molecular weight excluding hydrogens is 216 g/mol. The van der Waals surface area contributed by atoms with Gasteiger partial charge in [-0.05, 0) is 54.0 Å². The topological polar surface area (TPSA) is 35.5 Å². The molecule has 0 aromatic carbocycles. The zero-order valence-electron chi connectivity index (χ0n) is 12.0. The number of hydrogen-bond acceptors (Lipinski definition) is 3. The van der Waals surface area contributed by atoms with Crippen LogP contribution in [0.5, 0.6) is 0 Å². The lowest BCUT2D eigenvalue weighted by Crippen LogP contribution is -2.27. The second kappa shape index (κ2) is 4.13. The van der Waals surface area contributed by atoms with Crippen molar-refractivity contribution in [1.29, 1.82) is 0 Å². The van der Waals surface area contributed by atoms with Crippen LogP contribution in [0, 0.1) is 0 Å². The van der Waals surface area contributed by atoms with Crippen LogP contribution >= 0.6 is 0 Å². The molecule has 0 amide bonds. The van der Waals surface area contributed by atoms with Crippen LogP contribution in [0.1, 0.15) is 54.9 Å². The van der Waals surface area contributed by atoms with Crippen LogP contribution in [0.2, 0.25) is 0 Å². The molecule has 17 heavy (non-hydrogen) atoms. The van der Waals surface area contributed by atoms with Crippen LogP contribution in [-0.4, -0.2) is 22.8 Å². The molecule has 3 nitrogen and oxygen atoms in total. The van der Waals surface area contributed by atoms with E-state index in [-0.39, 0.29) is 17.2 Å². The molecule has 0 spiro atoms. The Bertz CT molecular complexity index is 343. The fourth-order valence-corrected chi connectivity index (χ4v) is 2.16. The van der Waals surface area contributed by atoms with Crippen molar-refractivity contribution in [3.8, 4) is 0 Å². The Labute approximate surface area is 104 Å². The van der Waals surface area contributed by atoms with Gasteiger partial charge in [0.2, 0.25) is 0 Å². The molecule has 0 aliphatic carbocycles. The van der Waals surface area contributed by atoms with Gasteiger partial charge in [0.25, 0.3) is 0 Å². The van der Waals surface area contributed by atoms with Gasteiger partial charge < -0.3 is 9.47 Å². The Kier molecular flexibility index (Phi) is 3.45. The predicted molar refractivity (Wildman–Crippen MR) is 67.8 cm³/mol. The van der Waals surface area contributed by atoms with Gasteiger partial charge in [0.05, 0.1) is 11.2 Å². The lowest BCUT2D eigenvalue weighted by molar-refractivity contribution is -0.148. The van der Waals surface area contributed by atoms with Crippen LogP contribution in [0.15, 0.2) is 11.6 Å². The highest BCUT2D eigenvalue weighted by molar-refractivity contribution is 5.83. The van der Waals surface area contributed by atoms with Crippen molar-refractivity contribution in [2.24, 2.45) is 0 Å². The molecule has 0 saturated carbocycles. The molecule has 0 atom stereocenters. The third-order valence-electron chi connectivity index (χ3n) is 2.62. The highest BCUT2D eigenvalue weighted by Crippen LogP contribution is 2.41. The molecule has 0 bridgehead atoms. The largest absolute Gasteiger partial charge is 0.457 e. The summed E-state index contributed by atoms with van der Waals surface area (Å²) in [5.74, 6) is -0.290. The molecule has 1 saturated heterocycles. The van der Waals surface area contributed by atoms with Crippen molar-refractivity contribution in [2.45, 2.75) is 71.7 Å². The SMILES string of the molecule is CC(C)(C)OC(=O)/C=C1/CC(C)(C)OC1(C)C. The van der Waals surface area contributed by atoms with E-state index in [4.69, 9.17) is 9.47 Å². The quantitative estimate of drug-likeness (QED) is 0.521. The highest BCUT2D eigenvalue weighted by atomic mass is 16.6. The van der Waals surface area contributed by atoms with E-state index < -0.39 is 5.60 Å². The normalized spacial score (nSPS) is 25.0. The minimum atomic E-state index is -0.451. The standard InChI is InChI=1S/C14H24O3/c1-12(2,3)16-11(15)8-10-9-13(4,5)17-14(10,6)7/h8H,9H2,1-7H3/b10-8-. The van der Waals surface area contributed by atoms with E-state index in [1.54, 1.807) is 6.08 Å². The van der Waals surface area contributed by atoms with Crippen LogP contribution in [0.4, 0.5) is 0 Å². The molecule has 0 N–H and O–H groups in total. The molecule has 3 heteroatoms. The fraction of sp³-hybridized carbons (Fsp3) is 0.786. The average Bonchev–Trinajstić information content (AvgIpc) is 2.13. The van der Waals surface area contributed by atoms with E-state index in [0.717, 1.165) is 12.0 Å². The average molecular weight is 240 g/mol. The molecule has 0 radical (unpaired) electrons. The summed E-state index contributed by atoms with van der Waals surface area (Å²) in [6.07, 6.45) is 2.35. The maximum absolute atomic E-state index is 11.8. The summed E-state index contributed by atoms with van der Waals surface area (Å²) in [6.45, 7) is 13.6. The lowest BCUT2D eigenvalue weighted by atomic mass is 9.93. The molecular formula is C14H24O3. The van der Waals surface area contributed by atoms with Gasteiger partial charge in [-0.15, -0.1) is 0 Å². The van der Waals surface area contributed by atoms with Gasteiger partial charge in [0, 0.05) is 12.5 Å². The molecule has 1 rings (SSSR count). The zero-order chi connectivity index (χ0) is 13.5. The summed E-state index contributed by atoms with van der Waals surface area (Å²) < 4.78 is 11.2. The summed E-state index contributed by atoms with van der Waals surface area (Å²) >= 11 is 0. The van der Waals surface area contributed by atoms with E-state index >= 15 is 0 Å². The minimum Gasteiger partial charge on any atom is -0.457 e. The zero-order valence-corrected chi connectivity index (χ0v) is 12.0. The first-order chi connectivity index (χ1) is 7.41. The summed E-state index contributed by atoms with van der Waals surface area (Å²) in [5.41, 5.74) is -0.0536. The van der Waals surface area contributed by atoms with Gasteiger partial charge in [-0.1, -0.05) is 0 Å². The van der Waals surface area contributed by atoms with Gasteiger partial charge in [-0.2, -0.15) is 0 Å². The van der Waals surface area contributed by atoms with Crippen LogP contribution < -0.4 is 0 Å². The lowest BCUT2D eigenvalue weighted by Gasteiger charge is -2.24. The summed E-state index contributed by atoms with van der Waals surface area (Å²) in [5, 5.41) is 0. The van der Waals surface area contributed by atoms with Crippen molar-refractivity contribution in [3.63, 3.8) is 0 Å². The molecule has 0 aromatic heterocycles. The maximum atomic E-state index is 11.8. The minimum absolute atomic E-state index is 0.211. The molecule has 1 fully saturated rings. The number of ether oxygens (including phenoxy) is 2. The number of carbonyl (C=O) groups excluding carboxylic acids is 1. The third kappa shape index (κ3) is 4.15. The third-order valence-corrected chi connectivity index (χ3v) is 2.62. The van der Waals surface area contributed by atoms with Gasteiger partial charge >= 0.3 is 5.97 Å². The molecule has 1 heterocycles. The first-order valence-corrected chi connectivity index (χ1v) is 6.06. The van der Waals surface area contributed by atoms with Crippen LogP contribution in [0.25, 0.3) is 0 Å². The smallest absolute Gasteiger partial charge is 0.331 e. The Morgan fingerprint density at radius 3 is 2.18 bits per heavy atom. The Morgan fingerprint density at radius 2 is 1.82 bits per heavy atom. The number of rotatable bonds is 1. The van der Waals surface area contributed by atoms with Crippen molar-refractivity contribution in [2.75, 3.05) is 0 Å². The van der Waals surface area contributed by atoms with Crippen molar-refractivity contribution in [3.05, 3.63) is 11.6 Å². The van der Waals surface area contributed by atoms with E-state index in [1.807, 2.05) is 48.5 Å². The van der Waals surface area contributed by atoms with Gasteiger partial charge in [-0.3, -0.25) is 0 Å². The first-order valence-electron chi connectivity index (χ1n) is 6.06. The molecule has 0 unspecified atom stereocenters. The second-order valence-electron chi connectivity index (χ2n) is 6.75. The second-order valence-corrected chi connectivity index (χ2v) is 6.75. The van der Waals surface area contributed by atoms with Crippen molar-refractivity contribution >= 4 is 5.97 Å². The first kappa shape index (κ1) is 14.2. The number of hydrogen-bond donors (Lipinski definition) is 0. The fourth-order valence-electron chi connectivity index (χ4n) is 2.16. The van der Waals surface area contributed by atoms with Crippen LogP contribution in [0.3, 0.4) is 0 Å². The molecule has 1 aliphatic heterocycles. The van der Waals surface area contributed by atoms with E-state index in [1.165, 1.54) is 0 Å². The van der Waals surface area contributed by atoms with Crippen LogP contribution in [-0.2, 0) is 14.3 Å². The van der Waals surface area contributed by atoms with Gasteiger partial charge in [0.15, 0.2) is 0 Å². The van der Waals surface area contributed by atoms with E-state index in [0.29, 0.717) is 0 Å². The van der Waals surface area contributed by atoms with Gasteiger partial charge in [0.1, 0.15) is 5.60 Å². The van der Waals surface area contributed by atoms with Gasteiger partial charge in [-0.25, -0.2) is 4.79 Å². The van der Waals surface area contributed by atoms with Crippen molar-refractivity contribution in [1.82, 2.24) is 0 Å².